The van der Waals surface area contributed by atoms with Crippen LogP contribution in [-0.2, 0) is 41.6 Å². The van der Waals surface area contributed by atoms with E-state index in [0.717, 1.165) is 115 Å². The number of rotatable bonds is 35. The van der Waals surface area contributed by atoms with Gasteiger partial charge in [0.2, 0.25) is 17.8 Å². The summed E-state index contributed by atoms with van der Waals surface area (Å²) in [4.78, 5) is 112. The number of unbranched alkanes of at least 4 members (excludes halogenated alkanes) is 8. The first kappa shape index (κ1) is 67.2. The Kier molecular flexibility index (Phi) is 30.7. The van der Waals surface area contributed by atoms with Gasteiger partial charge in [-0.05, 0) is 75.7 Å². The Bertz CT molecular complexity index is 2250. The zero-order valence-electron chi connectivity index (χ0n) is 48.4. The van der Waals surface area contributed by atoms with Crippen molar-refractivity contribution in [2.45, 2.75) is 135 Å². The number of amides is 3. The minimum Gasteiger partial charge on any atom is -0.481 e. The number of aliphatic carboxylic acids is 5. The molecule has 0 radical (unpaired) electrons. The first-order valence-electron chi connectivity index (χ1n) is 29.1. The van der Waals surface area contributed by atoms with Crippen LogP contribution >= 0.6 is 0 Å². The fraction of sp³-hybridized carbons (Fsp3) is 0.714. The number of nitrogens with zero attached hydrogens (tertiary/aromatic N) is 10. The van der Waals surface area contributed by atoms with Gasteiger partial charge in [-0.15, -0.1) is 0 Å². The average molecular weight is 1140 g/mol. The van der Waals surface area contributed by atoms with Crippen LogP contribution in [0.5, 0.6) is 0 Å². The van der Waals surface area contributed by atoms with Crippen LogP contribution < -0.4 is 25.8 Å². The number of carboxylic acids is 5. The third-order valence-corrected chi connectivity index (χ3v) is 15.0. The second-order valence-corrected chi connectivity index (χ2v) is 21.5. The summed E-state index contributed by atoms with van der Waals surface area (Å²) >= 11 is 0. The summed E-state index contributed by atoms with van der Waals surface area (Å²) in [6.07, 6.45) is 10.5. The number of aromatic nitrogens is 3. The van der Waals surface area contributed by atoms with Gasteiger partial charge in [-0.3, -0.25) is 38.8 Å². The van der Waals surface area contributed by atoms with Gasteiger partial charge in [0.05, 0.1) is 13.1 Å². The minimum atomic E-state index is -1.47. The van der Waals surface area contributed by atoms with Crippen molar-refractivity contribution in [2.24, 2.45) is 0 Å². The van der Waals surface area contributed by atoms with Crippen molar-refractivity contribution >= 4 is 53.7 Å². The highest BCUT2D eigenvalue weighted by molar-refractivity contribution is 5.86. The van der Waals surface area contributed by atoms with Gasteiger partial charge in [0.25, 0.3) is 0 Å². The lowest BCUT2D eigenvalue weighted by molar-refractivity contribution is -0.141. The van der Waals surface area contributed by atoms with Crippen LogP contribution in [-0.4, -0.2) is 250 Å². The molecular formula is C56H93N13O12. The lowest BCUT2D eigenvalue weighted by atomic mass is 10.0. The molecule has 0 spiro atoms. The quantitative estimate of drug-likeness (QED) is 0.0460. The van der Waals surface area contributed by atoms with Gasteiger partial charge in [0, 0.05) is 118 Å². The van der Waals surface area contributed by atoms with E-state index in [2.05, 4.69) is 73.7 Å². The number of carbonyl (C=O) groups excluding carboxylic acids is 2. The lowest BCUT2D eigenvalue weighted by Gasteiger charge is -2.38. The maximum atomic E-state index is 12.3. The van der Waals surface area contributed by atoms with Gasteiger partial charge in [-0.2, -0.15) is 15.0 Å². The molecule has 25 heteroatoms. The van der Waals surface area contributed by atoms with Crippen molar-refractivity contribution in [3.05, 3.63) is 41.2 Å². The molecule has 8 N–H and O–H groups in total. The molecule has 3 amide bonds. The SMILES string of the molecule is CCN1CCN(CC(=O)O)CCN(CC(=O)O)CCN(CC)C(Cc2ccc(Cc3nc(N(C)C)nc(N4CCN(CCCCCCCCCCC(=O)NCCCC[C@H](NC(=O)N[C@@H](CCC(=O)O)C(=O)O)C(=O)O)CC4)n3)cc2)C1. The van der Waals surface area contributed by atoms with Crippen molar-refractivity contribution < 1.29 is 59.1 Å². The molecule has 81 heavy (non-hydrogen) atoms. The summed E-state index contributed by atoms with van der Waals surface area (Å²) in [5.74, 6) is -3.73. The molecule has 1 aromatic carbocycles. The lowest BCUT2D eigenvalue weighted by Crippen LogP contribution is -2.51. The number of nitrogens with one attached hydrogen (secondary N) is 3. The van der Waals surface area contributed by atoms with Crippen LogP contribution in [0.2, 0.25) is 0 Å². The van der Waals surface area contributed by atoms with Crippen LogP contribution in [0.4, 0.5) is 16.7 Å². The van der Waals surface area contributed by atoms with Gasteiger partial charge in [0.15, 0.2) is 0 Å². The number of urea groups is 1. The van der Waals surface area contributed by atoms with Gasteiger partial charge < -0.3 is 56.2 Å². The Balaban J connectivity index is 1.13. The Morgan fingerprint density at radius 2 is 1.12 bits per heavy atom. The van der Waals surface area contributed by atoms with E-state index in [1.807, 2.05) is 28.8 Å². The Labute approximate surface area is 477 Å². The summed E-state index contributed by atoms with van der Waals surface area (Å²) < 4.78 is 0. The van der Waals surface area contributed by atoms with Gasteiger partial charge in [-0.25, -0.2) is 14.4 Å². The highest BCUT2D eigenvalue weighted by atomic mass is 16.4. The van der Waals surface area contributed by atoms with Crippen molar-refractivity contribution in [1.82, 2.24) is 55.4 Å². The molecule has 0 aliphatic carbocycles. The topological polar surface area (TPSA) is 318 Å². The van der Waals surface area contributed by atoms with Crippen LogP contribution in [0, 0.1) is 0 Å². The second kappa shape index (κ2) is 36.9. The number of hydrogen-bond acceptors (Lipinski definition) is 17. The van der Waals surface area contributed by atoms with Crippen molar-refractivity contribution in [3.8, 4) is 0 Å². The third kappa shape index (κ3) is 26.9. The average Bonchev–Trinajstić information content (AvgIpc) is 3.43. The number of carboxylic acid groups (broad SMARTS) is 5. The van der Waals surface area contributed by atoms with E-state index in [4.69, 9.17) is 20.1 Å². The van der Waals surface area contributed by atoms with Crippen LogP contribution in [0.15, 0.2) is 24.3 Å². The molecule has 0 saturated carbocycles. The molecule has 4 rings (SSSR count). The number of hydrogen-bond donors (Lipinski definition) is 8. The summed E-state index contributed by atoms with van der Waals surface area (Å²) in [7, 11) is 3.89. The molecule has 3 heterocycles. The summed E-state index contributed by atoms with van der Waals surface area (Å²) in [5.41, 5.74) is 2.31. The molecule has 454 valence electrons. The molecule has 2 saturated heterocycles. The van der Waals surface area contributed by atoms with Gasteiger partial charge >= 0.3 is 35.9 Å². The maximum Gasteiger partial charge on any atom is 0.326 e. The molecule has 3 atom stereocenters. The molecule has 2 aliphatic heterocycles. The molecule has 2 aromatic rings. The molecule has 1 unspecified atom stereocenters. The Morgan fingerprint density at radius 1 is 0.580 bits per heavy atom. The standard InChI is InChI=1S/C56H93N13O12/c1-5-64-27-28-66(40-50(73)74)29-30-67(41-51(75)76)33-34-68(6-2)44(39-64)37-42-19-21-43(22-20-42)38-47-60-54(63(3)4)62-55(61-47)69-35-31-65(32-36-69)26-16-12-10-8-7-9-11-13-18-48(70)57-25-15-14-17-45(52(77)78)58-56(81)59-46(53(79)80)23-24-49(71)72/h19-22,44-46H,5-18,23-41H2,1-4H3,(H,57,70)(H,71,72)(H,73,74)(H,75,76)(H,77,78)(H,79,80)(H2,58,59,81)/t44?,45-,46-/m0/s1. The molecular weight excluding hydrogens is 1050 g/mol. The van der Waals surface area contributed by atoms with E-state index in [1.54, 1.807) is 0 Å². The Hall–Kier alpha value is -6.28. The van der Waals surface area contributed by atoms with Gasteiger partial charge in [-0.1, -0.05) is 76.6 Å². The zero-order valence-corrected chi connectivity index (χ0v) is 48.4. The number of likely N-dealkylation sites (N-methyl/N-ethyl adjacent to an activating group) is 2. The van der Waals surface area contributed by atoms with E-state index in [9.17, 15) is 54.0 Å². The van der Waals surface area contributed by atoms with Gasteiger partial charge in [0.1, 0.15) is 17.9 Å². The number of carbonyl (C=O) groups is 7. The predicted octanol–water partition coefficient (Wildman–Crippen LogP) is 2.86. The van der Waals surface area contributed by atoms with Crippen molar-refractivity contribution in [2.75, 3.05) is 135 Å². The number of benzene rings is 1. The molecule has 0 bridgehead atoms. The molecule has 1 aromatic heterocycles. The zero-order chi connectivity index (χ0) is 59.1. The fourth-order valence-corrected chi connectivity index (χ4v) is 10.2. The minimum absolute atomic E-state index is 0.0601. The summed E-state index contributed by atoms with van der Waals surface area (Å²) in [6.45, 7) is 15.2. The van der Waals surface area contributed by atoms with Crippen molar-refractivity contribution in [1.29, 1.82) is 0 Å². The maximum absolute atomic E-state index is 12.3. The van der Waals surface area contributed by atoms with Crippen molar-refractivity contribution in [3.63, 3.8) is 0 Å². The Morgan fingerprint density at radius 3 is 1.68 bits per heavy atom. The first-order valence-corrected chi connectivity index (χ1v) is 29.1. The summed E-state index contributed by atoms with van der Waals surface area (Å²) in [6, 6.07) is 5.11. The number of piperazine rings is 1. The molecule has 2 fully saturated rings. The molecule has 2 aliphatic rings. The van der Waals surface area contributed by atoms with E-state index >= 15 is 0 Å². The van der Waals surface area contributed by atoms with Crippen LogP contribution in [0.3, 0.4) is 0 Å². The van der Waals surface area contributed by atoms with E-state index < -0.39 is 54.4 Å². The normalized spacial score (nSPS) is 17.3. The van der Waals surface area contributed by atoms with E-state index in [1.165, 1.54) is 18.4 Å². The predicted molar refractivity (Wildman–Crippen MR) is 307 cm³/mol. The van der Waals surface area contributed by atoms with E-state index in [-0.39, 0.29) is 37.9 Å². The molecule has 25 nitrogen and oxygen atoms in total. The first-order chi connectivity index (χ1) is 38.8. The largest absolute Gasteiger partial charge is 0.481 e. The van der Waals surface area contributed by atoms with Crippen LogP contribution in [0.1, 0.15) is 121 Å². The summed E-state index contributed by atoms with van der Waals surface area (Å²) in [5, 5.41) is 53.9. The highest BCUT2D eigenvalue weighted by Crippen LogP contribution is 2.20. The smallest absolute Gasteiger partial charge is 0.326 e. The van der Waals surface area contributed by atoms with Crippen LogP contribution in [0.25, 0.3) is 0 Å². The number of anilines is 2. The highest BCUT2D eigenvalue weighted by Gasteiger charge is 2.27. The monoisotopic (exact) mass is 1140 g/mol. The third-order valence-electron chi connectivity index (χ3n) is 15.0. The van der Waals surface area contributed by atoms with E-state index in [0.29, 0.717) is 76.8 Å². The second-order valence-electron chi connectivity index (χ2n) is 21.5. The fourth-order valence-electron chi connectivity index (χ4n) is 10.2.